The molecule has 510 valence electrons. The van der Waals surface area contributed by atoms with E-state index in [1.807, 2.05) is 72.8 Å². The van der Waals surface area contributed by atoms with E-state index in [0.29, 0.717) is 57.3 Å². The van der Waals surface area contributed by atoms with E-state index in [-0.39, 0.29) is 79.4 Å². The molecular formula is C81H99N9O7. The molecule has 7 aromatic carbocycles. The summed E-state index contributed by atoms with van der Waals surface area (Å²) in [6, 6.07) is 49.1. The van der Waals surface area contributed by atoms with Crippen LogP contribution in [0.2, 0.25) is 0 Å². The van der Waals surface area contributed by atoms with Crippen molar-refractivity contribution < 1.29 is 33.2 Å². The zero-order valence-corrected chi connectivity index (χ0v) is 61.7. The van der Waals surface area contributed by atoms with Crippen molar-refractivity contribution in [2.75, 3.05) is 7.11 Å². The van der Waals surface area contributed by atoms with E-state index in [2.05, 4.69) is 270 Å². The Bertz CT molecular complexity index is 3860. The van der Waals surface area contributed by atoms with Gasteiger partial charge in [0.2, 0.25) is 0 Å². The first-order valence-corrected chi connectivity index (χ1v) is 33.4. The molecule has 0 radical (unpaired) electrons. The lowest BCUT2D eigenvalue weighted by molar-refractivity contribution is 0.400. The highest BCUT2D eigenvalue weighted by molar-refractivity contribution is 5.51. The van der Waals surface area contributed by atoms with Crippen LogP contribution in [0, 0.1) is 0 Å². The van der Waals surface area contributed by atoms with Crippen molar-refractivity contribution in [2.45, 2.75) is 209 Å². The van der Waals surface area contributed by atoms with Crippen molar-refractivity contribution in [1.82, 2.24) is 44.3 Å². The van der Waals surface area contributed by atoms with Gasteiger partial charge in [0.05, 0.1) is 24.2 Å². The molecule has 0 aliphatic heterocycles. The SMILES string of the molecule is COc1ccc(-n2c(Oc3ccc(-n4c(Oc5cc(C(C)(C)C)cc(C(C)(C)C)c5)nnc4Oc4cc(C(C)(C)C)cc(C(C)(C)C)c4)cc3)nnc2Oc2ccc(-n3c(Oc4cc(C(C)(C)C)cc(C(C)(C)C)c4)nnc3Oc3cc(C(C)(C)C)cc(C(C)(C)C)c3)cc2)cc1. The van der Waals surface area contributed by atoms with Crippen LogP contribution in [0.15, 0.2) is 146 Å². The van der Waals surface area contributed by atoms with Crippen LogP contribution in [-0.4, -0.2) is 51.4 Å². The van der Waals surface area contributed by atoms with E-state index in [4.69, 9.17) is 33.2 Å². The first-order chi connectivity index (χ1) is 45.0. The van der Waals surface area contributed by atoms with Crippen LogP contribution >= 0.6 is 0 Å². The second-order valence-electron chi connectivity index (χ2n) is 33.6. The second-order valence-corrected chi connectivity index (χ2v) is 33.6. The third-order valence-corrected chi connectivity index (χ3v) is 17.1. The van der Waals surface area contributed by atoms with E-state index in [1.54, 1.807) is 20.8 Å². The summed E-state index contributed by atoms with van der Waals surface area (Å²) >= 11 is 0. The molecule has 3 aromatic heterocycles. The van der Waals surface area contributed by atoms with Crippen LogP contribution in [0.4, 0.5) is 0 Å². The van der Waals surface area contributed by atoms with E-state index in [1.165, 1.54) is 0 Å². The lowest BCUT2D eigenvalue weighted by atomic mass is 9.80. The average molecular weight is 1310 g/mol. The molecule has 10 rings (SSSR count). The van der Waals surface area contributed by atoms with Crippen molar-refractivity contribution >= 4 is 0 Å². The molecule has 0 aliphatic carbocycles. The molecule has 16 nitrogen and oxygen atoms in total. The number of benzene rings is 7. The number of rotatable bonds is 16. The lowest BCUT2D eigenvalue weighted by Gasteiger charge is -2.26. The fraction of sp³-hybridized carbons (Fsp3) is 0.407. The Morgan fingerprint density at radius 3 is 0.515 bits per heavy atom. The smallest absolute Gasteiger partial charge is 0.330 e. The van der Waals surface area contributed by atoms with Gasteiger partial charge in [-0.25, -0.2) is 13.7 Å². The minimum atomic E-state index is -0.159. The van der Waals surface area contributed by atoms with E-state index in [0.717, 1.165) is 44.5 Å². The van der Waals surface area contributed by atoms with E-state index >= 15 is 0 Å². The van der Waals surface area contributed by atoms with Crippen molar-refractivity contribution in [3.8, 4) is 93.4 Å². The second kappa shape index (κ2) is 25.9. The Balaban J connectivity index is 1.01. The molecule has 10 aromatic rings. The van der Waals surface area contributed by atoms with Gasteiger partial charge in [0.1, 0.15) is 40.2 Å². The van der Waals surface area contributed by atoms with Gasteiger partial charge < -0.3 is 33.2 Å². The van der Waals surface area contributed by atoms with E-state index < -0.39 is 0 Å². The fourth-order valence-corrected chi connectivity index (χ4v) is 10.6. The quantitative estimate of drug-likeness (QED) is 0.0901. The van der Waals surface area contributed by atoms with Gasteiger partial charge in [0.25, 0.3) is 0 Å². The molecule has 0 aliphatic rings. The molecule has 0 N–H and O–H groups in total. The zero-order valence-electron chi connectivity index (χ0n) is 61.7. The molecule has 0 unspecified atom stereocenters. The van der Waals surface area contributed by atoms with Crippen LogP contribution in [-0.2, 0) is 43.3 Å². The fourth-order valence-electron chi connectivity index (χ4n) is 10.6. The average Bonchev–Trinajstić information content (AvgIpc) is 1.55. The summed E-state index contributed by atoms with van der Waals surface area (Å²) in [6.07, 6.45) is 0. The number of methoxy groups -OCH3 is 1. The number of ether oxygens (including phenoxy) is 7. The summed E-state index contributed by atoms with van der Waals surface area (Å²) in [7, 11) is 1.62. The summed E-state index contributed by atoms with van der Waals surface area (Å²) in [6.45, 7) is 52.8. The van der Waals surface area contributed by atoms with Crippen LogP contribution < -0.4 is 33.2 Å². The number of aromatic nitrogens is 9. The molecule has 0 bridgehead atoms. The van der Waals surface area contributed by atoms with Crippen molar-refractivity contribution in [3.05, 3.63) is 190 Å². The van der Waals surface area contributed by atoms with Gasteiger partial charge >= 0.3 is 36.1 Å². The molecule has 0 amide bonds. The predicted octanol–water partition coefficient (Wildman–Crippen LogP) is 21.6. The van der Waals surface area contributed by atoms with Gasteiger partial charge in [0, 0.05) is 0 Å². The number of nitrogens with zero attached hydrogens (tertiary/aromatic N) is 9. The minimum absolute atomic E-state index is 0.131. The topological polar surface area (TPSA) is 157 Å². The first kappa shape index (κ1) is 70.4. The lowest BCUT2D eigenvalue weighted by Crippen LogP contribution is -2.16. The maximum Gasteiger partial charge on any atom is 0.330 e. The molecule has 0 fully saturated rings. The normalized spacial score (nSPS) is 12.8. The van der Waals surface area contributed by atoms with Crippen molar-refractivity contribution in [1.29, 1.82) is 0 Å². The molecular weight excluding hydrogens is 1210 g/mol. The van der Waals surface area contributed by atoms with E-state index in [9.17, 15) is 0 Å². The van der Waals surface area contributed by atoms with Gasteiger partial charge in [0.15, 0.2) is 0 Å². The van der Waals surface area contributed by atoms with Gasteiger partial charge in [-0.1, -0.05) is 221 Å². The first-order valence-electron chi connectivity index (χ1n) is 33.4. The number of hydrogen-bond donors (Lipinski definition) is 0. The molecule has 3 heterocycles. The molecule has 0 saturated heterocycles. The van der Waals surface area contributed by atoms with Crippen LogP contribution in [0.3, 0.4) is 0 Å². The summed E-state index contributed by atoms with van der Waals surface area (Å²) in [4.78, 5) is 0. The van der Waals surface area contributed by atoms with Crippen LogP contribution in [0.5, 0.6) is 76.3 Å². The highest BCUT2D eigenvalue weighted by Crippen LogP contribution is 2.43. The monoisotopic (exact) mass is 1310 g/mol. The Morgan fingerprint density at radius 1 is 0.206 bits per heavy atom. The largest absolute Gasteiger partial charge is 0.497 e. The zero-order chi connectivity index (χ0) is 70.8. The molecule has 0 saturated carbocycles. The van der Waals surface area contributed by atoms with Crippen LogP contribution in [0.1, 0.15) is 211 Å². The van der Waals surface area contributed by atoms with Gasteiger partial charge in [-0.3, -0.25) is 0 Å². The third kappa shape index (κ3) is 16.5. The van der Waals surface area contributed by atoms with Gasteiger partial charge in [-0.05, 0) is 209 Å². The van der Waals surface area contributed by atoms with Gasteiger partial charge in [-0.2, -0.15) is 0 Å². The Kier molecular flexibility index (Phi) is 18.8. The van der Waals surface area contributed by atoms with Crippen LogP contribution in [0.25, 0.3) is 17.1 Å². The maximum atomic E-state index is 6.81. The predicted molar refractivity (Wildman–Crippen MR) is 386 cm³/mol. The highest BCUT2D eigenvalue weighted by Gasteiger charge is 2.30. The molecule has 97 heavy (non-hydrogen) atoms. The Morgan fingerprint density at radius 2 is 0.361 bits per heavy atom. The van der Waals surface area contributed by atoms with Gasteiger partial charge in [-0.15, -0.1) is 0 Å². The standard InChI is InChI=1S/C81H99N9O7/c1-74(2,3)50-38-51(75(4,5)6)43-64(42-50)94-70-84-85-71(95-65-44-52(76(7,8)9)39-53(45-65)77(10,11)12)89(70)59-28-34-62(35-29-59)92-68-82-83-69(88(68)58-26-32-61(91-25)33-27-58)93-63-36-30-60(31-37-63)90-72(96-66-46-54(78(13,14)15)40-55(47-66)79(16,17)18)86-87-73(90)97-67-48-56(80(19,20)21)41-57(49-67)81(22,23)24/h26-49H,1-25H3. The van der Waals surface area contributed by atoms with Crippen molar-refractivity contribution in [3.63, 3.8) is 0 Å². The minimum Gasteiger partial charge on any atom is -0.497 e. The summed E-state index contributed by atoms with van der Waals surface area (Å²) in [5.74, 6) is 4.07. The maximum absolute atomic E-state index is 6.81. The molecule has 16 heteroatoms. The summed E-state index contributed by atoms with van der Waals surface area (Å²) < 4.78 is 51.4. The Hall–Kier alpha value is -9.44. The number of hydrogen-bond acceptors (Lipinski definition) is 13. The third-order valence-electron chi connectivity index (χ3n) is 17.1. The highest BCUT2D eigenvalue weighted by atomic mass is 16.5. The molecule has 0 atom stereocenters. The Labute approximate surface area is 574 Å². The summed E-state index contributed by atoms with van der Waals surface area (Å²) in [5, 5.41) is 27.8. The summed E-state index contributed by atoms with van der Waals surface area (Å²) in [5.41, 5.74) is 9.72. The molecule has 0 spiro atoms. The van der Waals surface area contributed by atoms with Crippen molar-refractivity contribution in [2.24, 2.45) is 0 Å².